The van der Waals surface area contributed by atoms with Crippen molar-refractivity contribution in [3.8, 4) is 5.75 Å². The molecule has 0 saturated heterocycles. The molecule has 0 radical (unpaired) electrons. The number of carbonyl (C=O) groups excluding carboxylic acids is 1. The summed E-state index contributed by atoms with van der Waals surface area (Å²) in [5, 5.41) is 4.13. The standard InChI is InChI=1S/C26H24FN3O2S/c1-32-19-10-11-23-22(15-19)21-12-13-30(26(31)28-18-4-3-5-20(14-18)33-2)25(24(21)29-23)16-6-8-17(27)9-7-16/h3-11,14-15,25,29H,12-13H2,1-2H3,(H,28,31). The van der Waals surface area contributed by atoms with Gasteiger partial charge in [0.25, 0.3) is 0 Å². The van der Waals surface area contributed by atoms with E-state index in [-0.39, 0.29) is 17.9 Å². The van der Waals surface area contributed by atoms with Gasteiger partial charge in [-0.25, -0.2) is 9.18 Å². The number of aromatic nitrogens is 1. The van der Waals surface area contributed by atoms with Gasteiger partial charge in [0.2, 0.25) is 0 Å². The minimum atomic E-state index is -0.364. The molecule has 7 heteroatoms. The Morgan fingerprint density at radius 1 is 1.15 bits per heavy atom. The van der Waals surface area contributed by atoms with E-state index >= 15 is 0 Å². The first-order chi connectivity index (χ1) is 16.1. The van der Waals surface area contributed by atoms with Gasteiger partial charge in [-0.1, -0.05) is 18.2 Å². The van der Waals surface area contributed by atoms with Crippen molar-refractivity contribution in [3.63, 3.8) is 0 Å². The zero-order valence-electron chi connectivity index (χ0n) is 18.4. The molecular formula is C26H24FN3O2S. The highest BCUT2D eigenvalue weighted by molar-refractivity contribution is 7.98. The van der Waals surface area contributed by atoms with Crippen molar-refractivity contribution in [2.75, 3.05) is 25.2 Å². The Hall–Kier alpha value is -3.45. The molecule has 2 N–H and O–H groups in total. The Labute approximate surface area is 195 Å². The Bertz CT molecular complexity index is 1320. The number of amides is 2. The van der Waals surface area contributed by atoms with Crippen molar-refractivity contribution in [2.24, 2.45) is 0 Å². The second kappa shape index (κ2) is 8.83. The molecule has 5 nitrogen and oxygen atoms in total. The number of fused-ring (bicyclic) bond motifs is 3. The van der Waals surface area contributed by atoms with E-state index in [1.54, 1.807) is 31.0 Å². The molecule has 5 rings (SSSR count). The van der Waals surface area contributed by atoms with E-state index in [9.17, 15) is 9.18 Å². The molecule has 1 aliphatic rings. The normalized spacial score (nSPS) is 15.4. The Balaban J connectivity index is 1.56. The highest BCUT2D eigenvalue weighted by Crippen LogP contribution is 2.39. The SMILES string of the molecule is COc1ccc2[nH]c3c(c2c1)CCN(C(=O)Nc1cccc(SC)c1)C3c1ccc(F)cc1. The van der Waals surface area contributed by atoms with Crippen LogP contribution in [0.25, 0.3) is 10.9 Å². The fourth-order valence-electron chi connectivity index (χ4n) is 4.50. The molecule has 0 spiro atoms. The van der Waals surface area contributed by atoms with Crippen LogP contribution in [0.4, 0.5) is 14.9 Å². The number of nitrogens with zero attached hydrogens (tertiary/aromatic N) is 1. The number of halogens is 1. The third-order valence-electron chi connectivity index (χ3n) is 6.10. The smallest absolute Gasteiger partial charge is 0.322 e. The summed E-state index contributed by atoms with van der Waals surface area (Å²) < 4.78 is 19.1. The van der Waals surface area contributed by atoms with Crippen LogP contribution in [-0.2, 0) is 6.42 Å². The number of hydrogen-bond donors (Lipinski definition) is 2. The van der Waals surface area contributed by atoms with E-state index in [1.165, 1.54) is 12.1 Å². The van der Waals surface area contributed by atoms with Gasteiger partial charge in [-0.3, -0.25) is 0 Å². The van der Waals surface area contributed by atoms with Crippen molar-refractivity contribution in [3.05, 3.63) is 89.4 Å². The quantitative estimate of drug-likeness (QED) is 0.355. The molecular weight excluding hydrogens is 437 g/mol. The second-order valence-corrected chi connectivity index (χ2v) is 8.87. The van der Waals surface area contributed by atoms with Crippen molar-refractivity contribution in [1.29, 1.82) is 0 Å². The molecule has 0 bridgehead atoms. The molecule has 3 aromatic carbocycles. The van der Waals surface area contributed by atoms with E-state index in [0.717, 1.165) is 44.1 Å². The lowest BCUT2D eigenvalue weighted by Crippen LogP contribution is -2.43. The number of rotatable bonds is 4. The van der Waals surface area contributed by atoms with Gasteiger partial charge in [0, 0.05) is 33.7 Å². The van der Waals surface area contributed by atoms with Gasteiger partial charge in [0.15, 0.2) is 0 Å². The van der Waals surface area contributed by atoms with E-state index in [1.807, 2.05) is 53.6 Å². The molecule has 2 amide bonds. The molecule has 2 heterocycles. The van der Waals surface area contributed by atoms with Crippen LogP contribution >= 0.6 is 11.8 Å². The van der Waals surface area contributed by atoms with Crippen LogP contribution in [0.2, 0.25) is 0 Å². The predicted octanol–water partition coefficient (Wildman–Crippen LogP) is 6.22. The number of benzene rings is 3. The lowest BCUT2D eigenvalue weighted by atomic mass is 9.92. The summed E-state index contributed by atoms with van der Waals surface area (Å²) in [4.78, 5) is 19.9. The maximum absolute atomic E-state index is 13.7. The monoisotopic (exact) mass is 461 g/mol. The van der Waals surface area contributed by atoms with Gasteiger partial charge < -0.3 is 19.9 Å². The summed E-state index contributed by atoms with van der Waals surface area (Å²) in [6.07, 6.45) is 2.71. The van der Waals surface area contributed by atoms with Gasteiger partial charge >= 0.3 is 6.03 Å². The number of hydrogen-bond acceptors (Lipinski definition) is 3. The molecule has 33 heavy (non-hydrogen) atoms. The third-order valence-corrected chi connectivity index (χ3v) is 6.83. The molecule has 1 unspecified atom stereocenters. The Kier molecular flexibility index (Phi) is 5.72. The average Bonchev–Trinajstić information content (AvgIpc) is 3.22. The number of anilines is 1. The van der Waals surface area contributed by atoms with Crippen LogP contribution in [0.1, 0.15) is 22.9 Å². The zero-order chi connectivity index (χ0) is 22.9. The van der Waals surface area contributed by atoms with Crippen LogP contribution in [0.5, 0.6) is 5.75 Å². The third kappa shape index (κ3) is 4.04. The summed E-state index contributed by atoms with van der Waals surface area (Å²) in [7, 11) is 1.65. The van der Waals surface area contributed by atoms with Crippen LogP contribution in [0.3, 0.4) is 0 Å². The summed E-state index contributed by atoms with van der Waals surface area (Å²) >= 11 is 1.62. The van der Waals surface area contributed by atoms with Crippen molar-refractivity contribution in [2.45, 2.75) is 17.4 Å². The minimum Gasteiger partial charge on any atom is -0.497 e. The maximum Gasteiger partial charge on any atom is 0.322 e. The first-order valence-electron chi connectivity index (χ1n) is 10.7. The number of methoxy groups -OCH3 is 1. The molecule has 1 aliphatic heterocycles. The molecule has 0 aliphatic carbocycles. The molecule has 0 saturated carbocycles. The largest absolute Gasteiger partial charge is 0.497 e. The number of H-pyrrole nitrogens is 1. The van der Waals surface area contributed by atoms with Gasteiger partial charge in [-0.2, -0.15) is 0 Å². The van der Waals surface area contributed by atoms with Crippen molar-refractivity contribution >= 4 is 34.4 Å². The number of carbonyl (C=O) groups is 1. The van der Waals surface area contributed by atoms with E-state index in [2.05, 4.69) is 10.3 Å². The van der Waals surface area contributed by atoms with Crippen LogP contribution in [0.15, 0.2) is 71.6 Å². The predicted molar refractivity (Wildman–Crippen MR) is 131 cm³/mol. The number of aromatic amines is 1. The Morgan fingerprint density at radius 3 is 2.73 bits per heavy atom. The number of ether oxygens (including phenoxy) is 1. The van der Waals surface area contributed by atoms with Crippen LogP contribution in [-0.4, -0.2) is 35.8 Å². The van der Waals surface area contributed by atoms with Crippen molar-refractivity contribution < 1.29 is 13.9 Å². The molecule has 0 fully saturated rings. The fourth-order valence-corrected chi connectivity index (χ4v) is 4.96. The average molecular weight is 462 g/mol. The lowest BCUT2D eigenvalue weighted by molar-refractivity contribution is 0.193. The summed E-state index contributed by atoms with van der Waals surface area (Å²) in [6, 6.07) is 19.5. The number of thioether (sulfide) groups is 1. The Morgan fingerprint density at radius 2 is 1.97 bits per heavy atom. The number of nitrogens with one attached hydrogen (secondary N) is 2. The lowest BCUT2D eigenvalue weighted by Gasteiger charge is -2.36. The van der Waals surface area contributed by atoms with Crippen LogP contribution < -0.4 is 10.1 Å². The molecule has 1 atom stereocenters. The van der Waals surface area contributed by atoms with Gasteiger partial charge in [-0.05, 0) is 72.3 Å². The first kappa shape index (κ1) is 21.4. The van der Waals surface area contributed by atoms with E-state index < -0.39 is 0 Å². The summed E-state index contributed by atoms with van der Waals surface area (Å²) in [6.45, 7) is 0.535. The second-order valence-electron chi connectivity index (χ2n) is 7.99. The van der Waals surface area contributed by atoms with E-state index in [0.29, 0.717) is 13.0 Å². The molecule has 4 aromatic rings. The van der Waals surface area contributed by atoms with Crippen LogP contribution in [0, 0.1) is 5.82 Å². The molecule has 1 aromatic heterocycles. The fraction of sp³-hybridized carbons (Fsp3) is 0.192. The highest BCUT2D eigenvalue weighted by atomic mass is 32.2. The van der Waals surface area contributed by atoms with Crippen molar-refractivity contribution in [1.82, 2.24) is 9.88 Å². The van der Waals surface area contributed by atoms with E-state index in [4.69, 9.17) is 4.74 Å². The topological polar surface area (TPSA) is 57.4 Å². The maximum atomic E-state index is 13.7. The first-order valence-corrected chi connectivity index (χ1v) is 12.0. The van der Waals surface area contributed by atoms with Gasteiger partial charge in [0.1, 0.15) is 11.6 Å². The van der Waals surface area contributed by atoms with Gasteiger partial charge in [0.05, 0.1) is 13.2 Å². The minimum absolute atomic E-state index is 0.190. The molecule has 168 valence electrons. The highest BCUT2D eigenvalue weighted by Gasteiger charge is 2.34. The van der Waals surface area contributed by atoms with Gasteiger partial charge in [-0.15, -0.1) is 11.8 Å². The zero-order valence-corrected chi connectivity index (χ0v) is 19.2. The number of urea groups is 1. The summed E-state index contributed by atoms with van der Waals surface area (Å²) in [5.74, 6) is 0.484. The summed E-state index contributed by atoms with van der Waals surface area (Å²) in [5.41, 5.74) is 4.69.